The molecular formula is C16H16BrClFN. The van der Waals surface area contributed by atoms with Gasteiger partial charge in [0.05, 0.1) is 0 Å². The minimum Gasteiger partial charge on any atom is -0.310 e. The first-order chi connectivity index (χ1) is 9.54. The Morgan fingerprint density at radius 1 is 1.20 bits per heavy atom. The topological polar surface area (TPSA) is 12.0 Å². The number of benzene rings is 2. The molecule has 0 aliphatic carbocycles. The van der Waals surface area contributed by atoms with E-state index in [0.717, 1.165) is 27.0 Å². The fourth-order valence-corrected chi connectivity index (χ4v) is 2.74. The third-order valence-electron chi connectivity index (χ3n) is 3.11. The second-order valence-electron chi connectivity index (χ2n) is 4.85. The number of halogens is 3. The summed E-state index contributed by atoms with van der Waals surface area (Å²) in [4.78, 5) is 0. The van der Waals surface area contributed by atoms with E-state index >= 15 is 0 Å². The molecule has 0 aliphatic heterocycles. The van der Waals surface area contributed by atoms with Gasteiger partial charge in [-0.05, 0) is 48.7 Å². The maximum atomic E-state index is 12.8. The Labute approximate surface area is 132 Å². The quantitative estimate of drug-likeness (QED) is 0.798. The van der Waals surface area contributed by atoms with Crippen LogP contribution in [0, 0.1) is 5.82 Å². The second kappa shape index (κ2) is 7.21. The molecule has 0 spiro atoms. The molecule has 0 bridgehead atoms. The largest absolute Gasteiger partial charge is 0.310 e. The molecule has 0 fully saturated rings. The van der Waals surface area contributed by atoms with E-state index in [0.29, 0.717) is 12.6 Å². The summed E-state index contributed by atoms with van der Waals surface area (Å²) in [6, 6.07) is 12.8. The van der Waals surface area contributed by atoms with Crippen molar-refractivity contribution in [3.63, 3.8) is 0 Å². The Kier molecular flexibility index (Phi) is 5.58. The Balaban J connectivity index is 1.88. The zero-order valence-corrected chi connectivity index (χ0v) is 13.5. The maximum absolute atomic E-state index is 12.8. The fraction of sp³-hybridized carbons (Fsp3) is 0.250. The van der Waals surface area contributed by atoms with Gasteiger partial charge in [0.25, 0.3) is 0 Å². The van der Waals surface area contributed by atoms with E-state index in [-0.39, 0.29) is 5.82 Å². The van der Waals surface area contributed by atoms with Crippen molar-refractivity contribution >= 4 is 27.5 Å². The number of hydrogen-bond acceptors (Lipinski definition) is 1. The third-order valence-corrected chi connectivity index (χ3v) is 3.96. The molecule has 106 valence electrons. The van der Waals surface area contributed by atoms with Crippen molar-refractivity contribution in [2.45, 2.75) is 25.9 Å². The van der Waals surface area contributed by atoms with Gasteiger partial charge >= 0.3 is 0 Å². The van der Waals surface area contributed by atoms with Gasteiger partial charge in [-0.3, -0.25) is 0 Å². The monoisotopic (exact) mass is 355 g/mol. The van der Waals surface area contributed by atoms with Crippen molar-refractivity contribution in [1.82, 2.24) is 5.32 Å². The van der Waals surface area contributed by atoms with Gasteiger partial charge in [0.1, 0.15) is 5.82 Å². The van der Waals surface area contributed by atoms with E-state index in [1.165, 1.54) is 12.1 Å². The predicted molar refractivity (Wildman–Crippen MR) is 85.6 cm³/mol. The lowest BCUT2D eigenvalue weighted by Crippen LogP contribution is -2.27. The standard InChI is InChI=1S/C16H16BrClFN/c1-11(8-12-2-6-15(19)7-3-12)20-10-13-4-5-14(17)9-16(13)18/h2-7,9,11,20H,8,10H2,1H3. The van der Waals surface area contributed by atoms with Crippen LogP contribution in [0.25, 0.3) is 0 Å². The molecule has 2 aromatic carbocycles. The molecule has 0 saturated carbocycles. The summed E-state index contributed by atoms with van der Waals surface area (Å²) in [6.07, 6.45) is 0.856. The van der Waals surface area contributed by atoms with Gasteiger partial charge in [0.15, 0.2) is 0 Å². The van der Waals surface area contributed by atoms with Gasteiger partial charge < -0.3 is 5.32 Å². The Bertz CT molecular complexity index is 571. The van der Waals surface area contributed by atoms with Crippen LogP contribution in [-0.2, 0) is 13.0 Å². The first-order valence-electron chi connectivity index (χ1n) is 6.46. The van der Waals surface area contributed by atoms with E-state index in [1.807, 2.05) is 30.3 Å². The summed E-state index contributed by atoms with van der Waals surface area (Å²) in [7, 11) is 0. The minimum absolute atomic E-state index is 0.198. The van der Waals surface area contributed by atoms with Crippen molar-refractivity contribution in [3.05, 3.63) is 68.9 Å². The van der Waals surface area contributed by atoms with Crippen molar-refractivity contribution in [1.29, 1.82) is 0 Å². The van der Waals surface area contributed by atoms with Crippen LogP contribution in [0.3, 0.4) is 0 Å². The molecule has 0 amide bonds. The number of rotatable bonds is 5. The van der Waals surface area contributed by atoms with Crippen LogP contribution < -0.4 is 5.32 Å². The van der Waals surface area contributed by atoms with E-state index in [9.17, 15) is 4.39 Å². The highest BCUT2D eigenvalue weighted by Crippen LogP contribution is 2.21. The van der Waals surface area contributed by atoms with Gasteiger partial charge in [0, 0.05) is 22.1 Å². The van der Waals surface area contributed by atoms with Crippen molar-refractivity contribution < 1.29 is 4.39 Å². The number of hydrogen-bond donors (Lipinski definition) is 1. The molecule has 0 radical (unpaired) electrons. The van der Waals surface area contributed by atoms with Crippen molar-refractivity contribution in [3.8, 4) is 0 Å². The van der Waals surface area contributed by atoms with Crippen molar-refractivity contribution in [2.75, 3.05) is 0 Å². The van der Waals surface area contributed by atoms with Crippen LogP contribution in [0.2, 0.25) is 5.02 Å². The van der Waals surface area contributed by atoms with Gasteiger partial charge in [-0.15, -0.1) is 0 Å². The molecule has 2 rings (SSSR count). The highest BCUT2D eigenvalue weighted by Gasteiger charge is 2.06. The highest BCUT2D eigenvalue weighted by atomic mass is 79.9. The maximum Gasteiger partial charge on any atom is 0.123 e. The molecule has 0 heterocycles. The number of nitrogens with one attached hydrogen (secondary N) is 1. The van der Waals surface area contributed by atoms with Crippen LogP contribution in [0.4, 0.5) is 4.39 Å². The van der Waals surface area contributed by atoms with E-state index < -0.39 is 0 Å². The Morgan fingerprint density at radius 3 is 2.55 bits per heavy atom. The molecule has 4 heteroatoms. The molecule has 0 saturated heterocycles. The molecule has 0 aromatic heterocycles. The van der Waals surface area contributed by atoms with Gasteiger partial charge in [-0.1, -0.05) is 45.7 Å². The molecule has 2 aromatic rings. The molecule has 1 unspecified atom stereocenters. The molecular weight excluding hydrogens is 341 g/mol. The zero-order chi connectivity index (χ0) is 14.5. The first-order valence-corrected chi connectivity index (χ1v) is 7.63. The molecule has 0 aliphatic rings. The Hall–Kier alpha value is -0.900. The molecule has 1 N–H and O–H groups in total. The first kappa shape index (κ1) is 15.5. The van der Waals surface area contributed by atoms with Gasteiger partial charge in [-0.2, -0.15) is 0 Å². The molecule has 20 heavy (non-hydrogen) atoms. The minimum atomic E-state index is -0.198. The van der Waals surface area contributed by atoms with Gasteiger partial charge in [-0.25, -0.2) is 4.39 Å². The van der Waals surface area contributed by atoms with Crippen molar-refractivity contribution in [2.24, 2.45) is 0 Å². The summed E-state index contributed by atoms with van der Waals surface area (Å²) in [5.41, 5.74) is 2.19. The van der Waals surface area contributed by atoms with Crippen LogP contribution in [0.5, 0.6) is 0 Å². The summed E-state index contributed by atoms with van der Waals surface area (Å²) in [5, 5.41) is 4.18. The fourth-order valence-electron chi connectivity index (χ4n) is 2.00. The average Bonchev–Trinajstić information content (AvgIpc) is 2.40. The predicted octanol–water partition coefficient (Wildman–Crippen LogP) is 4.96. The third kappa shape index (κ3) is 4.58. The lowest BCUT2D eigenvalue weighted by molar-refractivity contribution is 0.544. The normalized spacial score (nSPS) is 12.4. The van der Waals surface area contributed by atoms with E-state index in [2.05, 4.69) is 28.2 Å². The van der Waals surface area contributed by atoms with Crippen LogP contribution in [-0.4, -0.2) is 6.04 Å². The highest BCUT2D eigenvalue weighted by molar-refractivity contribution is 9.10. The average molecular weight is 357 g/mol. The SMILES string of the molecule is CC(Cc1ccc(F)cc1)NCc1ccc(Br)cc1Cl. The summed E-state index contributed by atoms with van der Waals surface area (Å²) in [6.45, 7) is 2.82. The van der Waals surface area contributed by atoms with E-state index in [4.69, 9.17) is 11.6 Å². The lowest BCUT2D eigenvalue weighted by atomic mass is 10.1. The summed E-state index contributed by atoms with van der Waals surface area (Å²) < 4.78 is 13.8. The van der Waals surface area contributed by atoms with Crippen LogP contribution in [0.1, 0.15) is 18.1 Å². The summed E-state index contributed by atoms with van der Waals surface area (Å²) in [5.74, 6) is -0.198. The second-order valence-corrected chi connectivity index (χ2v) is 6.17. The van der Waals surface area contributed by atoms with Crippen LogP contribution >= 0.6 is 27.5 Å². The molecule has 1 nitrogen and oxygen atoms in total. The smallest absolute Gasteiger partial charge is 0.123 e. The lowest BCUT2D eigenvalue weighted by Gasteiger charge is -2.15. The van der Waals surface area contributed by atoms with E-state index in [1.54, 1.807) is 0 Å². The van der Waals surface area contributed by atoms with Gasteiger partial charge in [0.2, 0.25) is 0 Å². The Morgan fingerprint density at radius 2 is 1.90 bits per heavy atom. The summed E-state index contributed by atoms with van der Waals surface area (Å²) >= 11 is 9.57. The molecule has 1 atom stereocenters. The zero-order valence-electron chi connectivity index (χ0n) is 11.2. The van der Waals surface area contributed by atoms with Crippen LogP contribution in [0.15, 0.2) is 46.9 Å².